The van der Waals surface area contributed by atoms with Crippen molar-refractivity contribution in [1.82, 2.24) is 14.1 Å². The maximum Gasteiger partial charge on any atom is 0.251 e. The number of benzene rings is 3. The van der Waals surface area contributed by atoms with Crippen molar-refractivity contribution in [3.8, 4) is 17.2 Å². The summed E-state index contributed by atoms with van der Waals surface area (Å²) in [4.78, 5) is 17.4. The molecular weight excluding hydrogens is 448 g/mol. The molecule has 6 heteroatoms. The number of hydrogen-bond acceptors (Lipinski definition) is 4. The van der Waals surface area contributed by atoms with E-state index in [0.29, 0.717) is 46.2 Å². The number of imidazole rings is 1. The minimum absolute atomic E-state index is 0.245. The Labute approximate surface area is 212 Å². The van der Waals surface area contributed by atoms with Crippen LogP contribution >= 0.6 is 0 Å². The van der Waals surface area contributed by atoms with Crippen LogP contribution in [0.1, 0.15) is 37.6 Å². The van der Waals surface area contributed by atoms with Crippen LogP contribution in [0.3, 0.4) is 0 Å². The van der Waals surface area contributed by atoms with Crippen LogP contribution in [0.5, 0.6) is 0 Å². The summed E-state index contributed by atoms with van der Waals surface area (Å²) in [5, 5.41) is 22.9. The van der Waals surface area contributed by atoms with Gasteiger partial charge in [0.15, 0.2) is 5.60 Å². The first-order chi connectivity index (χ1) is 18.6. The van der Waals surface area contributed by atoms with Gasteiger partial charge >= 0.3 is 0 Å². The lowest BCUT2D eigenvalue weighted by Crippen LogP contribution is -2.31. The van der Waals surface area contributed by atoms with Crippen molar-refractivity contribution in [2.45, 2.75) is 18.4 Å². The number of rotatable bonds is 1. The predicted octanol–water partition coefficient (Wildman–Crippen LogP) is 4.19. The molecule has 0 aliphatic heterocycles. The summed E-state index contributed by atoms with van der Waals surface area (Å²) in [6, 6.07) is 21.7. The smallest absolute Gasteiger partial charge is 0.251 e. The molecule has 1 aliphatic carbocycles. The van der Waals surface area contributed by atoms with E-state index in [-0.39, 0.29) is 5.52 Å². The molecular formula is C30H24N4O2. The molecule has 0 spiro atoms. The summed E-state index contributed by atoms with van der Waals surface area (Å²) in [5.74, 6) is 0. The number of aryl methyl sites for hydroxylation is 4. The van der Waals surface area contributed by atoms with Gasteiger partial charge in [-0.2, -0.15) is 5.26 Å². The number of pyridine rings is 1. The van der Waals surface area contributed by atoms with E-state index in [1.807, 2.05) is 30.3 Å². The molecule has 1 unspecified atom stereocenters. The van der Waals surface area contributed by atoms with Crippen LogP contribution in [0.2, 0.25) is 0 Å². The molecule has 0 saturated heterocycles. The molecule has 2 aromatic heterocycles. The lowest BCUT2D eigenvalue weighted by Gasteiger charge is -2.31. The molecule has 6 rings (SSSR count). The molecule has 6 bridgehead atoms. The second-order valence-corrected chi connectivity index (χ2v) is 9.25. The number of nitrogens with zero attached hydrogens (tertiary/aromatic N) is 4. The van der Waals surface area contributed by atoms with Gasteiger partial charge in [0.2, 0.25) is 0 Å². The number of nitriles is 1. The second-order valence-electron chi connectivity index (χ2n) is 9.25. The van der Waals surface area contributed by atoms with Gasteiger partial charge in [0.1, 0.15) is 0 Å². The van der Waals surface area contributed by atoms with E-state index in [0.717, 1.165) is 21.3 Å². The van der Waals surface area contributed by atoms with Gasteiger partial charge in [-0.25, -0.2) is 4.98 Å². The van der Waals surface area contributed by atoms with Crippen molar-refractivity contribution in [3.63, 3.8) is 0 Å². The summed E-state index contributed by atoms with van der Waals surface area (Å²) >= 11 is 0. The van der Waals surface area contributed by atoms with E-state index in [1.165, 1.54) is 6.07 Å². The Morgan fingerprint density at radius 2 is 1.92 bits per heavy atom. The summed E-state index contributed by atoms with van der Waals surface area (Å²) < 4.78 is 26.7. The van der Waals surface area contributed by atoms with Crippen molar-refractivity contribution < 1.29 is 9.22 Å². The Bertz CT molecular complexity index is 1880. The molecule has 2 heterocycles. The fraction of sp³-hybridized carbons (Fsp3) is 0.167. The summed E-state index contributed by atoms with van der Waals surface area (Å²) in [6.07, 6.45) is 4.38. The molecule has 1 aliphatic rings. The topological polar surface area (TPSA) is 83.8 Å². The first-order valence-electron chi connectivity index (χ1n) is 13.1. The highest BCUT2D eigenvalue weighted by molar-refractivity contribution is 5.95. The third-order valence-corrected chi connectivity index (χ3v) is 7.19. The predicted molar refractivity (Wildman–Crippen MR) is 138 cm³/mol. The van der Waals surface area contributed by atoms with Crippen molar-refractivity contribution in [2.24, 2.45) is 14.0 Å². The Morgan fingerprint density at radius 3 is 2.69 bits per heavy atom. The quantitative estimate of drug-likeness (QED) is 0.394. The largest absolute Gasteiger partial charge is 0.374 e. The summed E-state index contributed by atoms with van der Waals surface area (Å²) in [7, 11) is 1.79. The number of hydrogen-bond donors (Lipinski definition) is 1. The number of aliphatic hydroxyl groups is 1. The molecule has 0 radical (unpaired) electrons. The molecule has 0 fully saturated rings. The van der Waals surface area contributed by atoms with Crippen LogP contribution in [0.15, 0.2) is 84.0 Å². The summed E-state index contributed by atoms with van der Waals surface area (Å²) in [5.41, 5.74) is 3.14. The molecule has 36 heavy (non-hydrogen) atoms. The standard InChI is InChI=1S/C30H24N4O2/c1-33-18-32-17-28(33)30(36)23-9-8-22(16-31)20(13-23)7-6-19-4-3-5-21(12-19)25-15-29(35)34(2)27-11-10-24(30)14-26(25)27/h3-5,8-15,17-18,36H,6-7H2,1-2H3/i2D3. The number of aromatic nitrogens is 3. The average Bonchev–Trinajstić information content (AvgIpc) is 3.35. The van der Waals surface area contributed by atoms with Crippen molar-refractivity contribution in [3.05, 3.63) is 123 Å². The Morgan fingerprint density at radius 1 is 1.08 bits per heavy atom. The highest BCUT2D eigenvalue weighted by atomic mass is 16.3. The van der Waals surface area contributed by atoms with Crippen LogP contribution in [-0.4, -0.2) is 19.2 Å². The van der Waals surface area contributed by atoms with Crippen molar-refractivity contribution >= 4 is 10.9 Å². The van der Waals surface area contributed by atoms with E-state index >= 15 is 0 Å². The SMILES string of the molecule is [2H]C([2H])([2H])n1c(=O)cc2c3cc(ccc31)C(O)(c1cncn1C)c1ccc(C#N)c(c1)CCc1cccc-2c1. The molecule has 0 amide bonds. The van der Waals surface area contributed by atoms with Crippen LogP contribution in [0.4, 0.5) is 0 Å². The van der Waals surface area contributed by atoms with Gasteiger partial charge in [0, 0.05) is 29.6 Å². The number of fused-ring (bicyclic) bond motifs is 6. The minimum atomic E-state index is -2.69. The van der Waals surface area contributed by atoms with Crippen LogP contribution in [0, 0.1) is 11.3 Å². The molecule has 6 nitrogen and oxygen atoms in total. The Hall–Kier alpha value is -4.47. The van der Waals surface area contributed by atoms with E-state index < -0.39 is 18.1 Å². The zero-order chi connectivity index (χ0) is 27.5. The highest BCUT2D eigenvalue weighted by Crippen LogP contribution is 2.40. The average molecular weight is 476 g/mol. The van der Waals surface area contributed by atoms with E-state index in [1.54, 1.807) is 54.5 Å². The first kappa shape index (κ1) is 18.8. The Balaban J connectivity index is 1.78. The molecule has 3 aromatic carbocycles. The van der Waals surface area contributed by atoms with Gasteiger partial charge in [-0.15, -0.1) is 0 Å². The third-order valence-electron chi connectivity index (χ3n) is 7.19. The zero-order valence-corrected chi connectivity index (χ0v) is 19.6. The fourth-order valence-corrected chi connectivity index (χ4v) is 5.27. The van der Waals surface area contributed by atoms with Gasteiger partial charge in [0.05, 0.1) is 35.4 Å². The molecule has 0 saturated carbocycles. The van der Waals surface area contributed by atoms with Crippen LogP contribution < -0.4 is 5.56 Å². The van der Waals surface area contributed by atoms with Crippen molar-refractivity contribution in [1.29, 1.82) is 5.26 Å². The molecule has 1 N–H and O–H groups in total. The molecule has 1 atom stereocenters. The van der Waals surface area contributed by atoms with Crippen molar-refractivity contribution in [2.75, 3.05) is 0 Å². The van der Waals surface area contributed by atoms with Gasteiger partial charge in [0.25, 0.3) is 5.56 Å². The Kier molecular flexibility index (Phi) is 4.20. The maximum atomic E-state index is 13.2. The van der Waals surface area contributed by atoms with Gasteiger partial charge in [-0.3, -0.25) is 4.79 Å². The molecule has 176 valence electrons. The summed E-state index contributed by atoms with van der Waals surface area (Å²) in [6.45, 7) is -2.69. The van der Waals surface area contributed by atoms with Gasteiger partial charge < -0.3 is 14.2 Å². The van der Waals surface area contributed by atoms with Gasteiger partial charge in [-0.1, -0.05) is 42.5 Å². The van der Waals surface area contributed by atoms with E-state index in [9.17, 15) is 15.2 Å². The normalized spacial score (nSPS) is 18.3. The van der Waals surface area contributed by atoms with Crippen LogP contribution in [-0.2, 0) is 32.5 Å². The van der Waals surface area contributed by atoms with E-state index in [4.69, 9.17) is 4.11 Å². The minimum Gasteiger partial charge on any atom is -0.374 e. The third kappa shape index (κ3) is 3.21. The fourth-order valence-electron chi connectivity index (χ4n) is 5.27. The van der Waals surface area contributed by atoms with Crippen LogP contribution in [0.25, 0.3) is 22.0 Å². The second kappa shape index (κ2) is 8.04. The highest BCUT2D eigenvalue weighted by Gasteiger charge is 2.37. The lowest BCUT2D eigenvalue weighted by atomic mass is 9.81. The lowest BCUT2D eigenvalue weighted by molar-refractivity contribution is 0.117. The van der Waals surface area contributed by atoms with E-state index in [2.05, 4.69) is 11.1 Å². The zero-order valence-electron chi connectivity index (χ0n) is 22.6. The van der Waals surface area contributed by atoms with Gasteiger partial charge in [-0.05, 0) is 64.4 Å². The molecule has 5 aromatic rings. The first-order valence-corrected chi connectivity index (χ1v) is 11.6. The monoisotopic (exact) mass is 475 g/mol. The maximum absolute atomic E-state index is 13.2.